The highest BCUT2D eigenvalue weighted by Crippen LogP contribution is 2.25. The summed E-state index contributed by atoms with van der Waals surface area (Å²) in [6.45, 7) is 8.63. The highest BCUT2D eigenvalue weighted by Gasteiger charge is 2.38. The lowest BCUT2D eigenvalue weighted by molar-refractivity contribution is -0.136. The Hall–Kier alpha value is -1.26. The Balaban J connectivity index is 2.82. The van der Waals surface area contributed by atoms with Gasteiger partial charge in [0.05, 0.1) is 7.11 Å². The predicted molar refractivity (Wildman–Crippen MR) is 69.2 cm³/mol. The molecule has 104 valence electrons. The number of nitrogens with zero attached hydrogens (tertiary/aromatic N) is 1. The quantitative estimate of drug-likeness (QED) is 0.819. The molecule has 18 heavy (non-hydrogen) atoms. The molecule has 0 aromatic heterocycles. The summed E-state index contributed by atoms with van der Waals surface area (Å²) >= 11 is 0. The molecule has 1 aliphatic rings. The number of nitrogens with one attached hydrogen (secondary N) is 1. The van der Waals surface area contributed by atoms with Gasteiger partial charge in [0.15, 0.2) is 0 Å². The monoisotopic (exact) mass is 256 g/mol. The molecule has 0 bridgehead atoms. The van der Waals surface area contributed by atoms with Crippen molar-refractivity contribution in [3.05, 3.63) is 0 Å². The SMILES string of the molecule is COC(=O)NC(C(=O)N1CCC[C@H]1C)C(C)(C)C. The molecular weight excluding hydrogens is 232 g/mol. The van der Waals surface area contributed by atoms with E-state index in [-0.39, 0.29) is 17.4 Å². The third-order valence-electron chi connectivity index (χ3n) is 3.40. The fourth-order valence-corrected chi connectivity index (χ4v) is 2.25. The lowest BCUT2D eigenvalue weighted by Crippen LogP contribution is -2.55. The van der Waals surface area contributed by atoms with Crippen LogP contribution in [0.4, 0.5) is 4.79 Å². The highest BCUT2D eigenvalue weighted by atomic mass is 16.5. The molecule has 5 nitrogen and oxygen atoms in total. The molecule has 1 fully saturated rings. The first-order valence-electron chi connectivity index (χ1n) is 6.42. The van der Waals surface area contributed by atoms with Gasteiger partial charge in [0.1, 0.15) is 6.04 Å². The molecule has 0 aromatic rings. The van der Waals surface area contributed by atoms with Crippen molar-refractivity contribution in [1.29, 1.82) is 0 Å². The third-order valence-corrected chi connectivity index (χ3v) is 3.40. The van der Waals surface area contributed by atoms with Crippen LogP contribution in [0.1, 0.15) is 40.5 Å². The Labute approximate surface area is 109 Å². The van der Waals surface area contributed by atoms with E-state index in [9.17, 15) is 9.59 Å². The molecule has 0 radical (unpaired) electrons. The first kappa shape index (κ1) is 14.8. The number of carbonyl (C=O) groups is 2. The second-order valence-electron chi connectivity index (χ2n) is 5.96. The normalized spacial score (nSPS) is 21.6. The zero-order chi connectivity index (χ0) is 13.9. The second kappa shape index (κ2) is 5.59. The standard InChI is InChI=1S/C13H24N2O3/c1-9-7-6-8-15(9)11(16)10(13(2,3)4)14-12(17)18-5/h9-10H,6-8H2,1-5H3,(H,14,17)/t9-,10?/m1/s1. The number of hydrogen-bond acceptors (Lipinski definition) is 3. The molecule has 1 heterocycles. The van der Waals surface area contributed by atoms with Crippen LogP contribution in [0.25, 0.3) is 0 Å². The average Bonchev–Trinajstić information content (AvgIpc) is 2.69. The average molecular weight is 256 g/mol. The van der Waals surface area contributed by atoms with Gasteiger partial charge in [-0.25, -0.2) is 4.79 Å². The van der Waals surface area contributed by atoms with Crippen molar-refractivity contribution >= 4 is 12.0 Å². The summed E-state index contributed by atoms with van der Waals surface area (Å²) in [5, 5.41) is 2.65. The first-order chi connectivity index (χ1) is 8.27. The maximum Gasteiger partial charge on any atom is 0.407 e. The Morgan fingerprint density at radius 3 is 2.39 bits per heavy atom. The van der Waals surface area contributed by atoms with Crippen molar-refractivity contribution in [2.75, 3.05) is 13.7 Å². The van der Waals surface area contributed by atoms with Gasteiger partial charge in [-0.3, -0.25) is 4.79 Å². The molecule has 0 aromatic carbocycles. The van der Waals surface area contributed by atoms with E-state index in [1.165, 1.54) is 7.11 Å². The number of amides is 2. The van der Waals surface area contributed by atoms with Crippen LogP contribution >= 0.6 is 0 Å². The summed E-state index contributed by atoms with van der Waals surface area (Å²) in [5.41, 5.74) is -0.340. The maximum absolute atomic E-state index is 12.5. The van der Waals surface area contributed by atoms with Crippen LogP contribution in [0, 0.1) is 5.41 Å². The molecule has 1 unspecified atom stereocenters. The molecule has 1 N–H and O–H groups in total. The zero-order valence-corrected chi connectivity index (χ0v) is 11.9. The Bertz CT molecular complexity index is 323. The number of ether oxygens (including phenoxy) is 1. The molecule has 2 amide bonds. The summed E-state index contributed by atoms with van der Waals surface area (Å²) in [5.74, 6) is -0.0158. The molecule has 1 aliphatic heterocycles. The lowest BCUT2D eigenvalue weighted by Gasteiger charge is -2.34. The Morgan fingerprint density at radius 1 is 1.39 bits per heavy atom. The van der Waals surface area contributed by atoms with Crippen molar-refractivity contribution in [2.24, 2.45) is 5.41 Å². The van der Waals surface area contributed by atoms with Crippen molar-refractivity contribution < 1.29 is 14.3 Å². The number of alkyl carbamates (subject to hydrolysis) is 1. The van der Waals surface area contributed by atoms with E-state index in [4.69, 9.17) is 0 Å². The van der Waals surface area contributed by atoms with E-state index in [1.807, 2.05) is 32.6 Å². The topological polar surface area (TPSA) is 58.6 Å². The fourth-order valence-electron chi connectivity index (χ4n) is 2.25. The maximum atomic E-state index is 12.5. The van der Waals surface area contributed by atoms with Gasteiger partial charge in [-0.1, -0.05) is 20.8 Å². The van der Waals surface area contributed by atoms with E-state index >= 15 is 0 Å². The Morgan fingerprint density at radius 2 is 2.00 bits per heavy atom. The van der Waals surface area contributed by atoms with Crippen LogP contribution in [-0.2, 0) is 9.53 Å². The number of methoxy groups -OCH3 is 1. The molecular formula is C13H24N2O3. The molecule has 5 heteroatoms. The number of likely N-dealkylation sites (tertiary alicyclic amines) is 1. The number of hydrogen-bond donors (Lipinski definition) is 1. The lowest BCUT2D eigenvalue weighted by atomic mass is 9.85. The minimum atomic E-state index is -0.560. The van der Waals surface area contributed by atoms with Gasteiger partial charge in [0.2, 0.25) is 5.91 Å². The first-order valence-corrected chi connectivity index (χ1v) is 6.42. The summed E-state index contributed by atoms with van der Waals surface area (Å²) in [6.07, 6.45) is 1.50. The number of carbonyl (C=O) groups excluding carboxylic acids is 2. The van der Waals surface area contributed by atoms with Crippen LogP contribution in [0.5, 0.6) is 0 Å². The van der Waals surface area contributed by atoms with E-state index in [2.05, 4.69) is 10.1 Å². The summed E-state index contributed by atoms with van der Waals surface area (Å²) in [6, 6.07) is -0.299. The van der Waals surface area contributed by atoms with Gasteiger partial charge in [-0.15, -0.1) is 0 Å². The van der Waals surface area contributed by atoms with Gasteiger partial charge in [-0.05, 0) is 25.2 Å². The van der Waals surface area contributed by atoms with E-state index in [1.54, 1.807) is 0 Å². The van der Waals surface area contributed by atoms with Gasteiger partial charge in [0.25, 0.3) is 0 Å². The second-order valence-corrected chi connectivity index (χ2v) is 5.96. The molecule has 0 spiro atoms. The van der Waals surface area contributed by atoms with Crippen molar-refractivity contribution in [1.82, 2.24) is 10.2 Å². The predicted octanol–water partition coefficient (Wildman–Crippen LogP) is 1.77. The molecule has 2 atom stereocenters. The van der Waals surface area contributed by atoms with Gasteiger partial charge < -0.3 is 15.0 Å². The largest absolute Gasteiger partial charge is 0.453 e. The van der Waals surface area contributed by atoms with Crippen LogP contribution < -0.4 is 5.32 Å². The van der Waals surface area contributed by atoms with Gasteiger partial charge in [0, 0.05) is 12.6 Å². The third kappa shape index (κ3) is 3.37. The Kier molecular flexibility index (Phi) is 4.59. The zero-order valence-electron chi connectivity index (χ0n) is 11.9. The number of rotatable bonds is 2. The van der Waals surface area contributed by atoms with E-state index in [0.29, 0.717) is 0 Å². The van der Waals surface area contributed by atoms with Crippen LogP contribution in [0.2, 0.25) is 0 Å². The van der Waals surface area contributed by atoms with Crippen LogP contribution in [0.15, 0.2) is 0 Å². The van der Waals surface area contributed by atoms with E-state index in [0.717, 1.165) is 19.4 Å². The van der Waals surface area contributed by atoms with Crippen molar-refractivity contribution in [2.45, 2.75) is 52.6 Å². The molecule has 0 aliphatic carbocycles. The molecule has 0 saturated carbocycles. The summed E-state index contributed by atoms with van der Waals surface area (Å²) in [7, 11) is 1.30. The van der Waals surface area contributed by atoms with Crippen LogP contribution in [0.3, 0.4) is 0 Å². The summed E-state index contributed by atoms with van der Waals surface area (Å²) in [4.78, 5) is 25.7. The van der Waals surface area contributed by atoms with E-state index < -0.39 is 12.1 Å². The minimum Gasteiger partial charge on any atom is -0.453 e. The van der Waals surface area contributed by atoms with Crippen molar-refractivity contribution in [3.8, 4) is 0 Å². The van der Waals surface area contributed by atoms with Crippen LogP contribution in [-0.4, -0.2) is 42.6 Å². The molecule has 1 saturated heterocycles. The van der Waals surface area contributed by atoms with Crippen molar-refractivity contribution in [3.63, 3.8) is 0 Å². The molecule has 1 rings (SSSR count). The highest BCUT2D eigenvalue weighted by molar-refractivity contribution is 5.86. The minimum absolute atomic E-state index is 0.0158. The smallest absolute Gasteiger partial charge is 0.407 e. The van der Waals surface area contributed by atoms with Gasteiger partial charge in [-0.2, -0.15) is 0 Å². The van der Waals surface area contributed by atoms with Gasteiger partial charge >= 0.3 is 6.09 Å². The summed E-state index contributed by atoms with van der Waals surface area (Å²) < 4.78 is 4.59. The fraction of sp³-hybridized carbons (Fsp3) is 0.846.